The van der Waals surface area contributed by atoms with Gasteiger partial charge < -0.3 is 16.6 Å². The molecule has 68 valence electrons. The van der Waals surface area contributed by atoms with Crippen LogP contribution in [0.3, 0.4) is 0 Å². The van der Waals surface area contributed by atoms with Crippen molar-refractivity contribution in [1.82, 2.24) is 4.98 Å². The maximum atomic E-state index is 8.76. The number of hydrogen-bond acceptors (Lipinski definition) is 5. The van der Waals surface area contributed by atoms with Gasteiger partial charge in [0.05, 0.1) is 17.8 Å². The van der Waals surface area contributed by atoms with Crippen LogP contribution in [-0.4, -0.2) is 16.6 Å². The molecule has 4 nitrogen and oxygen atoms in total. The Morgan fingerprint density at radius 1 is 1.75 bits per heavy atom. The zero-order valence-electron chi connectivity index (χ0n) is 6.95. The molecule has 0 unspecified atom stereocenters. The van der Waals surface area contributed by atoms with E-state index < -0.39 is 5.54 Å². The number of nitrogens with zero attached hydrogens (tertiary/aromatic N) is 1. The van der Waals surface area contributed by atoms with Crippen molar-refractivity contribution in [3.8, 4) is 0 Å². The van der Waals surface area contributed by atoms with E-state index >= 15 is 0 Å². The molecule has 0 radical (unpaired) electrons. The monoisotopic (exact) mass is 187 g/mol. The Morgan fingerprint density at radius 2 is 2.42 bits per heavy atom. The Morgan fingerprint density at radius 3 is 2.83 bits per heavy atom. The molecule has 0 aliphatic heterocycles. The normalized spacial score (nSPS) is 16.0. The van der Waals surface area contributed by atoms with Gasteiger partial charge in [-0.3, -0.25) is 0 Å². The van der Waals surface area contributed by atoms with Crippen molar-refractivity contribution in [2.24, 2.45) is 11.5 Å². The molecule has 0 aliphatic rings. The van der Waals surface area contributed by atoms with Crippen molar-refractivity contribution < 1.29 is 5.11 Å². The Bertz CT molecular complexity index is 259. The minimum absolute atomic E-state index is 0.0445. The zero-order valence-corrected chi connectivity index (χ0v) is 7.77. The molecule has 12 heavy (non-hydrogen) atoms. The third-order valence-electron chi connectivity index (χ3n) is 1.63. The van der Waals surface area contributed by atoms with E-state index in [1.807, 2.05) is 6.92 Å². The van der Waals surface area contributed by atoms with Gasteiger partial charge in [0, 0.05) is 11.9 Å². The van der Waals surface area contributed by atoms with Crippen LogP contribution >= 0.6 is 11.3 Å². The fraction of sp³-hybridized carbons (Fsp3) is 0.571. The second-order valence-corrected chi connectivity index (χ2v) is 3.78. The Labute approximate surface area is 75.2 Å². The van der Waals surface area contributed by atoms with Crippen LogP contribution in [0, 0.1) is 0 Å². The van der Waals surface area contributed by atoms with Crippen molar-refractivity contribution in [3.05, 3.63) is 16.1 Å². The van der Waals surface area contributed by atoms with Crippen molar-refractivity contribution in [2.75, 3.05) is 6.54 Å². The number of nitrogens with two attached hydrogens (primary N) is 2. The van der Waals surface area contributed by atoms with Crippen LogP contribution in [0.2, 0.25) is 0 Å². The summed E-state index contributed by atoms with van der Waals surface area (Å²) in [4.78, 5) is 4.13. The van der Waals surface area contributed by atoms with E-state index in [1.165, 1.54) is 11.3 Å². The van der Waals surface area contributed by atoms with Gasteiger partial charge in [-0.2, -0.15) is 0 Å². The van der Waals surface area contributed by atoms with E-state index in [0.29, 0.717) is 12.2 Å². The van der Waals surface area contributed by atoms with Crippen LogP contribution in [0.25, 0.3) is 0 Å². The average molecular weight is 187 g/mol. The van der Waals surface area contributed by atoms with E-state index in [0.717, 1.165) is 5.01 Å². The highest BCUT2D eigenvalue weighted by Gasteiger charge is 2.22. The molecule has 0 bridgehead atoms. The summed E-state index contributed by atoms with van der Waals surface area (Å²) in [5, 5.41) is 11.3. The molecule has 0 aromatic carbocycles. The highest BCUT2D eigenvalue weighted by molar-refractivity contribution is 7.09. The predicted molar refractivity (Wildman–Crippen MR) is 48.6 cm³/mol. The standard InChI is InChI=1S/C7H13N3OS/c1-7(9,4-8)6-10-5(2-11)3-12-6/h3,11H,2,4,8-9H2,1H3/t7-/m1/s1. The molecule has 0 spiro atoms. The molecule has 1 rings (SSSR count). The van der Waals surface area contributed by atoms with Crippen molar-refractivity contribution >= 4 is 11.3 Å². The number of aliphatic hydroxyl groups excluding tert-OH is 1. The molecule has 0 aliphatic carbocycles. The first kappa shape index (κ1) is 9.60. The molecule has 5 heteroatoms. The van der Waals surface area contributed by atoms with Gasteiger partial charge in [-0.05, 0) is 6.92 Å². The third-order valence-corrected chi connectivity index (χ3v) is 2.80. The molecule has 0 saturated carbocycles. The van der Waals surface area contributed by atoms with Gasteiger partial charge in [0.2, 0.25) is 0 Å². The molecule has 0 saturated heterocycles. The summed E-state index contributed by atoms with van der Waals surface area (Å²) >= 11 is 1.43. The van der Waals surface area contributed by atoms with Gasteiger partial charge >= 0.3 is 0 Å². The van der Waals surface area contributed by atoms with Crippen molar-refractivity contribution in [3.63, 3.8) is 0 Å². The molecule has 1 atom stereocenters. The topological polar surface area (TPSA) is 85.2 Å². The summed E-state index contributed by atoms with van der Waals surface area (Å²) in [6.45, 7) is 2.13. The highest BCUT2D eigenvalue weighted by atomic mass is 32.1. The summed E-state index contributed by atoms with van der Waals surface area (Å²) in [5.41, 5.74) is 11.4. The minimum Gasteiger partial charge on any atom is -0.390 e. The fourth-order valence-electron chi connectivity index (χ4n) is 0.729. The molecular weight excluding hydrogens is 174 g/mol. The van der Waals surface area contributed by atoms with Crippen LogP contribution < -0.4 is 11.5 Å². The van der Waals surface area contributed by atoms with Crippen LogP contribution in [0.1, 0.15) is 17.6 Å². The van der Waals surface area contributed by atoms with E-state index in [1.54, 1.807) is 5.38 Å². The van der Waals surface area contributed by atoms with E-state index in [9.17, 15) is 0 Å². The minimum atomic E-state index is -0.571. The quantitative estimate of drug-likeness (QED) is 0.610. The number of aliphatic hydroxyl groups is 1. The number of aromatic nitrogens is 1. The Kier molecular flexibility index (Phi) is 2.79. The molecule has 0 amide bonds. The lowest BCUT2D eigenvalue weighted by molar-refractivity contribution is 0.277. The van der Waals surface area contributed by atoms with E-state index in [4.69, 9.17) is 16.6 Å². The zero-order chi connectivity index (χ0) is 9.19. The first-order valence-electron chi connectivity index (χ1n) is 3.65. The molecule has 0 fully saturated rings. The lowest BCUT2D eigenvalue weighted by Gasteiger charge is -2.18. The van der Waals surface area contributed by atoms with Gasteiger partial charge in [-0.15, -0.1) is 11.3 Å². The third kappa shape index (κ3) is 1.81. The van der Waals surface area contributed by atoms with Crippen LogP contribution in [0.15, 0.2) is 5.38 Å². The van der Waals surface area contributed by atoms with Crippen LogP contribution in [-0.2, 0) is 12.1 Å². The van der Waals surface area contributed by atoms with Crippen LogP contribution in [0.4, 0.5) is 0 Å². The number of thiazole rings is 1. The van der Waals surface area contributed by atoms with Gasteiger partial charge in [-0.25, -0.2) is 4.98 Å². The van der Waals surface area contributed by atoms with Gasteiger partial charge in [-0.1, -0.05) is 0 Å². The maximum absolute atomic E-state index is 8.76. The SMILES string of the molecule is C[C@@](N)(CN)c1nc(CO)cs1. The van der Waals surface area contributed by atoms with Gasteiger partial charge in [0.15, 0.2) is 0 Å². The van der Waals surface area contributed by atoms with Gasteiger partial charge in [0.1, 0.15) is 5.01 Å². The summed E-state index contributed by atoms with van der Waals surface area (Å²) in [6, 6.07) is 0. The fourth-order valence-corrected chi connectivity index (χ4v) is 1.63. The second kappa shape index (κ2) is 3.49. The highest BCUT2D eigenvalue weighted by Crippen LogP contribution is 2.20. The summed E-state index contributed by atoms with van der Waals surface area (Å²) in [5.74, 6) is 0. The number of hydrogen-bond donors (Lipinski definition) is 3. The Hall–Kier alpha value is -0.490. The largest absolute Gasteiger partial charge is 0.390 e. The number of rotatable bonds is 3. The molecule has 5 N–H and O–H groups in total. The van der Waals surface area contributed by atoms with Crippen LogP contribution in [0.5, 0.6) is 0 Å². The predicted octanol–water partition coefficient (Wildman–Crippen LogP) is -0.232. The first-order valence-corrected chi connectivity index (χ1v) is 4.53. The van der Waals surface area contributed by atoms with Crippen molar-refractivity contribution in [2.45, 2.75) is 19.1 Å². The smallest absolute Gasteiger partial charge is 0.114 e. The second-order valence-electron chi connectivity index (χ2n) is 2.92. The maximum Gasteiger partial charge on any atom is 0.114 e. The van der Waals surface area contributed by atoms with E-state index in [2.05, 4.69) is 4.98 Å². The first-order chi connectivity index (χ1) is 5.60. The Balaban J connectivity index is 2.88. The van der Waals surface area contributed by atoms with Crippen molar-refractivity contribution in [1.29, 1.82) is 0 Å². The molecule has 1 heterocycles. The lowest BCUT2D eigenvalue weighted by atomic mass is 10.1. The van der Waals surface area contributed by atoms with Gasteiger partial charge in [0.25, 0.3) is 0 Å². The molecular formula is C7H13N3OS. The molecule has 1 aromatic heterocycles. The van der Waals surface area contributed by atoms with E-state index in [-0.39, 0.29) is 6.61 Å². The summed E-state index contributed by atoms with van der Waals surface area (Å²) in [6.07, 6.45) is 0. The summed E-state index contributed by atoms with van der Waals surface area (Å²) < 4.78 is 0. The molecule has 1 aromatic rings. The average Bonchev–Trinajstić information content (AvgIpc) is 2.52. The summed E-state index contributed by atoms with van der Waals surface area (Å²) in [7, 11) is 0. The lowest BCUT2D eigenvalue weighted by Crippen LogP contribution is -2.40.